The van der Waals surface area contributed by atoms with E-state index in [1.165, 1.54) is 0 Å². The highest BCUT2D eigenvalue weighted by molar-refractivity contribution is 5.75. The second kappa shape index (κ2) is 6.93. The van der Waals surface area contributed by atoms with Gasteiger partial charge in [0.15, 0.2) is 5.65 Å². The average Bonchev–Trinajstić information content (AvgIpc) is 3.20. The summed E-state index contributed by atoms with van der Waals surface area (Å²) in [5.74, 6) is 0.485. The Hall–Kier alpha value is -3.26. The van der Waals surface area contributed by atoms with E-state index in [0.29, 0.717) is 19.0 Å². The van der Waals surface area contributed by atoms with Gasteiger partial charge in [0.05, 0.1) is 42.7 Å². The zero-order valence-electron chi connectivity index (χ0n) is 14.4. The maximum absolute atomic E-state index is 9.04. The Labute approximate surface area is 150 Å². The third-order valence-corrected chi connectivity index (χ3v) is 4.07. The van der Waals surface area contributed by atoms with Crippen LogP contribution in [0.3, 0.4) is 0 Å². The Bertz CT molecular complexity index is 1020. The van der Waals surface area contributed by atoms with Crippen LogP contribution in [0, 0.1) is 6.92 Å². The van der Waals surface area contributed by atoms with Crippen molar-refractivity contribution in [2.45, 2.75) is 20.0 Å². The Balaban J connectivity index is 1.61. The first-order valence-corrected chi connectivity index (χ1v) is 8.37. The van der Waals surface area contributed by atoms with Crippen molar-refractivity contribution >= 4 is 22.7 Å². The zero-order chi connectivity index (χ0) is 17.9. The van der Waals surface area contributed by atoms with Crippen LogP contribution < -0.4 is 5.32 Å². The Kier molecular flexibility index (Phi) is 4.32. The standard InChI is InChI=1S/C18H19N7O/c1-13-16(12-24(23-13)7-8-26)21-18-19-9-15-10-20-25(17(15)22-18)11-14-5-3-2-4-6-14/h2-6,9-10,12,26H,7-8,11H2,1H3,(H,19,21,22). The monoisotopic (exact) mass is 349 g/mol. The number of benzene rings is 1. The van der Waals surface area contributed by atoms with Crippen LogP contribution in [0.15, 0.2) is 48.9 Å². The van der Waals surface area contributed by atoms with Crippen molar-refractivity contribution in [1.29, 1.82) is 0 Å². The molecule has 26 heavy (non-hydrogen) atoms. The van der Waals surface area contributed by atoms with Gasteiger partial charge in [-0.2, -0.15) is 15.2 Å². The number of rotatable bonds is 6. The summed E-state index contributed by atoms with van der Waals surface area (Å²) in [4.78, 5) is 8.97. The van der Waals surface area contributed by atoms with Crippen molar-refractivity contribution in [2.75, 3.05) is 11.9 Å². The third-order valence-electron chi connectivity index (χ3n) is 4.07. The molecular weight excluding hydrogens is 330 g/mol. The van der Waals surface area contributed by atoms with Gasteiger partial charge in [0.1, 0.15) is 0 Å². The van der Waals surface area contributed by atoms with Gasteiger partial charge in [-0.05, 0) is 12.5 Å². The van der Waals surface area contributed by atoms with Crippen LogP contribution in [0.25, 0.3) is 11.0 Å². The minimum absolute atomic E-state index is 0.0433. The summed E-state index contributed by atoms with van der Waals surface area (Å²) in [5.41, 5.74) is 3.56. The predicted octanol–water partition coefficient (Wildman–Crippen LogP) is 2.12. The SMILES string of the molecule is Cc1nn(CCO)cc1Nc1ncc2cnn(Cc3ccccc3)c2n1. The fourth-order valence-electron chi connectivity index (χ4n) is 2.78. The lowest BCUT2D eigenvalue weighted by Crippen LogP contribution is -2.04. The first-order valence-electron chi connectivity index (χ1n) is 8.37. The molecule has 132 valence electrons. The van der Waals surface area contributed by atoms with Crippen molar-refractivity contribution in [3.05, 3.63) is 60.2 Å². The van der Waals surface area contributed by atoms with E-state index in [1.54, 1.807) is 17.1 Å². The van der Waals surface area contributed by atoms with E-state index in [0.717, 1.165) is 28.0 Å². The van der Waals surface area contributed by atoms with Crippen molar-refractivity contribution in [3.8, 4) is 0 Å². The molecule has 3 heterocycles. The first kappa shape index (κ1) is 16.2. The maximum Gasteiger partial charge on any atom is 0.229 e. The molecule has 0 aliphatic rings. The molecule has 0 aliphatic carbocycles. The summed E-state index contributed by atoms with van der Waals surface area (Å²) in [6, 6.07) is 10.1. The van der Waals surface area contributed by atoms with Gasteiger partial charge in [-0.25, -0.2) is 9.67 Å². The second-order valence-corrected chi connectivity index (χ2v) is 6.00. The molecule has 0 radical (unpaired) electrons. The molecule has 0 saturated carbocycles. The Morgan fingerprint density at radius 2 is 2.00 bits per heavy atom. The maximum atomic E-state index is 9.04. The molecule has 8 nitrogen and oxygen atoms in total. The molecular formula is C18H19N7O. The largest absolute Gasteiger partial charge is 0.394 e. The van der Waals surface area contributed by atoms with Crippen LogP contribution >= 0.6 is 0 Å². The third kappa shape index (κ3) is 3.27. The minimum Gasteiger partial charge on any atom is -0.394 e. The summed E-state index contributed by atoms with van der Waals surface area (Å²) in [5, 5.41) is 21.9. The van der Waals surface area contributed by atoms with E-state index < -0.39 is 0 Å². The summed E-state index contributed by atoms with van der Waals surface area (Å²) in [6.07, 6.45) is 5.36. The number of nitrogens with one attached hydrogen (secondary N) is 1. The normalized spacial score (nSPS) is 11.2. The van der Waals surface area contributed by atoms with Gasteiger partial charge in [-0.15, -0.1) is 0 Å². The van der Waals surface area contributed by atoms with Gasteiger partial charge < -0.3 is 10.4 Å². The lowest BCUT2D eigenvalue weighted by molar-refractivity contribution is 0.269. The molecule has 4 aromatic rings. The van der Waals surface area contributed by atoms with Crippen LogP contribution in [0.4, 0.5) is 11.6 Å². The molecule has 0 unspecified atom stereocenters. The highest BCUT2D eigenvalue weighted by atomic mass is 16.3. The van der Waals surface area contributed by atoms with Gasteiger partial charge in [-0.1, -0.05) is 30.3 Å². The van der Waals surface area contributed by atoms with Crippen LogP contribution in [-0.2, 0) is 13.1 Å². The summed E-state index contributed by atoms with van der Waals surface area (Å²) in [7, 11) is 0. The molecule has 8 heteroatoms. The zero-order valence-corrected chi connectivity index (χ0v) is 14.4. The average molecular weight is 349 g/mol. The van der Waals surface area contributed by atoms with Gasteiger partial charge in [0.2, 0.25) is 5.95 Å². The van der Waals surface area contributed by atoms with Crippen LogP contribution in [0.2, 0.25) is 0 Å². The second-order valence-electron chi connectivity index (χ2n) is 6.00. The first-order chi connectivity index (χ1) is 12.7. The lowest BCUT2D eigenvalue weighted by atomic mass is 10.2. The number of hydrogen-bond acceptors (Lipinski definition) is 6. The quantitative estimate of drug-likeness (QED) is 0.554. The number of nitrogens with zero attached hydrogens (tertiary/aromatic N) is 6. The van der Waals surface area contributed by atoms with Crippen LogP contribution in [0.5, 0.6) is 0 Å². The number of anilines is 2. The van der Waals surface area contributed by atoms with Crippen molar-refractivity contribution in [3.63, 3.8) is 0 Å². The molecule has 0 saturated heterocycles. The number of aliphatic hydroxyl groups excluding tert-OH is 1. The highest BCUT2D eigenvalue weighted by Gasteiger charge is 2.10. The van der Waals surface area contributed by atoms with E-state index in [4.69, 9.17) is 5.11 Å². The minimum atomic E-state index is 0.0433. The van der Waals surface area contributed by atoms with E-state index in [-0.39, 0.29) is 6.61 Å². The molecule has 0 amide bonds. The van der Waals surface area contributed by atoms with Crippen molar-refractivity contribution in [2.24, 2.45) is 0 Å². The molecule has 4 rings (SSSR count). The Morgan fingerprint density at radius 3 is 2.81 bits per heavy atom. The van der Waals surface area contributed by atoms with Crippen molar-refractivity contribution in [1.82, 2.24) is 29.5 Å². The lowest BCUT2D eigenvalue weighted by Gasteiger charge is -2.05. The van der Waals surface area contributed by atoms with E-state index in [9.17, 15) is 0 Å². The van der Waals surface area contributed by atoms with E-state index in [2.05, 4.69) is 37.6 Å². The van der Waals surface area contributed by atoms with Crippen LogP contribution in [-0.4, -0.2) is 41.2 Å². The molecule has 2 N–H and O–H groups in total. The van der Waals surface area contributed by atoms with E-state index >= 15 is 0 Å². The summed E-state index contributed by atoms with van der Waals surface area (Å²) < 4.78 is 3.55. The molecule has 0 bridgehead atoms. The fraction of sp³-hybridized carbons (Fsp3) is 0.222. The Morgan fingerprint density at radius 1 is 1.15 bits per heavy atom. The molecule has 0 spiro atoms. The van der Waals surface area contributed by atoms with Gasteiger partial charge in [-0.3, -0.25) is 4.68 Å². The van der Waals surface area contributed by atoms with Crippen molar-refractivity contribution < 1.29 is 5.11 Å². The molecule has 1 aromatic carbocycles. The van der Waals surface area contributed by atoms with Gasteiger partial charge in [0.25, 0.3) is 0 Å². The smallest absolute Gasteiger partial charge is 0.229 e. The van der Waals surface area contributed by atoms with Crippen LogP contribution in [0.1, 0.15) is 11.3 Å². The number of hydrogen-bond donors (Lipinski definition) is 2. The van der Waals surface area contributed by atoms with Gasteiger partial charge >= 0.3 is 0 Å². The highest BCUT2D eigenvalue weighted by Crippen LogP contribution is 2.19. The number of aryl methyl sites for hydroxylation is 1. The fourth-order valence-corrected chi connectivity index (χ4v) is 2.78. The number of fused-ring (bicyclic) bond motifs is 1. The van der Waals surface area contributed by atoms with E-state index in [1.807, 2.05) is 36.0 Å². The molecule has 3 aromatic heterocycles. The topological polar surface area (TPSA) is 93.7 Å². The molecule has 0 aliphatic heterocycles. The predicted molar refractivity (Wildman–Crippen MR) is 98.2 cm³/mol. The number of aliphatic hydroxyl groups is 1. The summed E-state index contributed by atoms with van der Waals surface area (Å²) >= 11 is 0. The molecule has 0 atom stereocenters. The van der Waals surface area contributed by atoms with Gasteiger partial charge in [0, 0.05) is 12.4 Å². The summed E-state index contributed by atoms with van der Waals surface area (Å²) in [6.45, 7) is 3.04. The number of aromatic nitrogens is 6. The molecule has 0 fully saturated rings.